The molecule has 18 heavy (non-hydrogen) atoms. The summed E-state index contributed by atoms with van der Waals surface area (Å²) >= 11 is 5.99. The zero-order chi connectivity index (χ0) is 13.2. The molecule has 0 radical (unpaired) electrons. The Morgan fingerprint density at radius 2 is 2.22 bits per heavy atom. The third-order valence-electron chi connectivity index (χ3n) is 3.16. The average molecular weight is 270 g/mol. The van der Waals surface area contributed by atoms with E-state index in [4.69, 9.17) is 16.3 Å². The predicted molar refractivity (Wildman–Crippen MR) is 73.4 cm³/mol. The molecule has 1 fully saturated rings. The summed E-state index contributed by atoms with van der Waals surface area (Å²) in [6.07, 6.45) is 2.96. The molecule has 1 aliphatic carbocycles. The van der Waals surface area contributed by atoms with Crippen molar-refractivity contribution in [2.75, 3.05) is 13.7 Å². The summed E-state index contributed by atoms with van der Waals surface area (Å²) in [5, 5.41) is 14.4. The topological polar surface area (TPSA) is 41.5 Å². The Balaban J connectivity index is 2.03. The Kier molecular flexibility index (Phi) is 4.15. The maximum Gasteiger partial charge on any atom is 0.122 e. The molecule has 4 heteroatoms. The van der Waals surface area contributed by atoms with Crippen LogP contribution in [-0.2, 0) is 6.42 Å². The van der Waals surface area contributed by atoms with Gasteiger partial charge in [0.2, 0.25) is 0 Å². The molecular formula is C14H20ClNO2. The van der Waals surface area contributed by atoms with E-state index >= 15 is 0 Å². The Hall–Kier alpha value is -0.770. The lowest BCUT2D eigenvalue weighted by molar-refractivity contribution is 0.0591. The molecule has 1 aromatic rings. The highest BCUT2D eigenvalue weighted by molar-refractivity contribution is 6.30. The zero-order valence-corrected chi connectivity index (χ0v) is 11.6. The molecule has 1 aliphatic rings. The summed E-state index contributed by atoms with van der Waals surface area (Å²) in [4.78, 5) is 0. The molecule has 2 N–H and O–H groups in total. The normalized spacial score (nSPS) is 18.4. The Morgan fingerprint density at radius 1 is 1.50 bits per heavy atom. The molecule has 0 spiro atoms. The van der Waals surface area contributed by atoms with Gasteiger partial charge in [-0.15, -0.1) is 0 Å². The van der Waals surface area contributed by atoms with Crippen LogP contribution < -0.4 is 10.1 Å². The van der Waals surface area contributed by atoms with Gasteiger partial charge >= 0.3 is 0 Å². The number of aliphatic hydroxyl groups is 1. The van der Waals surface area contributed by atoms with Gasteiger partial charge in [-0.05, 0) is 43.5 Å². The molecule has 0 amide bonds. The molecule has 0 aromatic heterocycles. The third-order valence-corrected chi connectivity index (χ3v) is 3.40. The smallest absolute Gasteiger partial charge is 0.122 e. The highest BCUT2D eigenvalue weighted by Gasteiger charge is 2.27. The van der Waals surface area contributed by atoms with Gasteiger partial charge in [0, 0.05) is 24.0 Å². The van der Waals surface area contributed by atoms with E-state index in [1.165, 1.54) is 12.8 Å². The Morgan fingerprint density at radius 3 is 2.83 bits per heavy atom. The van der Waals surface area contributed by atoms with E-state index in [0.29, 0.717) is 24.0 Å². The molecule has 100 valence electrons. The number of benzene rings is 1. The van der Waals surface area contributed by atoms with Crippen LogP contribution in [0.4, 0.5) is 0 Å². The fourth-order valence-electron chi connectivity index (χ4n) is 2.01. The van der Waals surface area contributed by atoms with Crippen molar-refractivity contribution in [3.63, 3.8) is 0 Å². The van der Waals surface area contributed by atoms with Crippen molar-refractivity contribution in [1.82, 2.24) is 5.32 Å². The van der Waals surface area contributed by atoms with Gasteiger partial charge in [-0.3, -0.25) is 0 Å². The van der Waals surface area contributed by atoms with Crippen molar-refractivity contribution in [1.29, 1.82) is 0 Å². The Labute approximate surface area is 113 Å². The first kappa shape index (κ1) is 13.7. The summed E-state index contributed by atoms with van der Waals surface area (Å²) in [6.45, 7) is 2.43. The monoisotopic (exact) mass is 269 g/mol. The molecule has 0 aliphatic heterocycles. The second kappa shape index (κ2) is 5.47. The van der Waals surface area contributed by atoms with Gasteiger partial charge in [0.25, 0.3) is 0 Å². The van der Waals surface area contributed by atoms with Gasteiger partial charge in [-0.2, -0.15) is 0 Å². The Bertz CT molecular complexity index is 416. The minimum absolute atomic E-state index is 0.524. The van der Waals surface area contributed by atoms with Crippen LogP contribution in [0.2, 0.25) is 5.02 Å². The van der Waals surface area contributed by atoms with Gasteiger partial charge in [-0.25, -0.2) is 0 Å². The minimum atomic E-state index is -0.791. The first-order valence-electron chi connectivity index (χ1n) is 6.28. The number of hydrogen-bond donors (Lipinski definition) is 2. The van der Waals surface area contributed by atoms with Crippen molar-refractivity contribution in [2.45, 2.75) is 37.8 Å². The maximum atomic E-state index is 10.4. The van der Waals surface area contributed by atoms with Gasteiger partial charge in [0.05, 0.1) is 12.7 Å². The summed E-state index contributed by atoms with van der Waals surface area (Å²) < 4.78 is 5.29. The molecule has 1 atom stereocenters. The van der Waals surface area contributed by atoms with E-state index in [0.717, 1.165) is 11.3 Å². The number of halogens is 1. The van der Waals surface area contributed by atoms with E-state index in [1.807, 2.05) is 19.1 Å². The molecule has 3 nitrogen and oxygen atoms in total. The highest BCUT2D eigenvalue weighted by Crippen LogP contribution is 2.27. The summed E-state index contributed by atoms with van der Waals surface area (Å²) in [6, 6.07) is 6.08. The van der Waals surface area contributed by atoms with Crippen LogP contribution in [0.5, 0.6) is 5.75 Å². The molecule has 0 saturated heterocycles. The van der Waals surface area contributed by atoms with Gasteiger partial charge in [0.15, 0.2) is 0 Å². The van der Waals surface area contributed by atoms with Crippen molar-refractivity contribution >= 4 is 11.6 Å². The second-order valence-corrected chi connectivity index (χ2v) is 5.72. The van der Waals surface area contributed by atoms with E-state index in [1.54, 1.807) is 13.2 Å². The summed E-state index contributed by atoms with van der Waals surface area (Å²) in [5.41, 5.74) is 0.146. The van der Waals surface area contributed by atoms with Crippen LogP contribution in [0.3, 0.4) is 0 Å². The highest BCUT2D eigenvalue weighted by atomic mass is 35.5. The van der Waals surface area contributed by atoms with Crippen LogP contribution >= 0.6 is 11.6 Å². The van der Waals surface area contributed by atoms with Crippen molar-refractivity contribution in [3.05, 3.63) is 28.8 Å². The molecule has 1 saturated carbocycles. The predicted octanol–water partition coefficient (Wildman–Crippen LogP) is 2.39. The van der Waals surface area contributed by atoms with Crippen molar-refractivity contribution in [2.24, 2.45) is 0 Å². The lowest BCUT2D eigenvalue weighted by atomic mass is 9.95. The quantitative estimate of drug-likeness (QED) is 0.833. The maximum absolute atomic E-state index is 10.4. The standard InChI is InChI=1S/C14H20ClNO2/c1-14(17,9-16-12-4-5-12)8-10-7-11(15)3-6-13(10)18-2/h3,6-7,12,16-17H,4-5,8-9H2,1-2H3. The summed E-state index contributed by atoms with van der Waals surface area (Å²) in [5.74, 6) is 0.770. The van der Waals surface area contributed by atoms with E-state index in [9.17, 15) is 5.11 Å². The average Bonchev–Trinajstić information content (AvgIpc) is 3.10. The van der Waals surface area contributed by atoms with Crippen LogP contribution in [0.1, 0.15) is 25.3 Å². The molecule has 2 rings (SSSR count). The number of methoxy groups -OCH3 is 1. The van der Waals surface area contributed by atoms with Crippen LogP contribution in [-0.4, -0.2) is 30.4 Å². The zero-order valence-electron chi connectivity index (χ0n) is 10.9. The van der Waals surface area contributed by atoms with Crippen LogP contribution in [0, 0.1) is 0 Å². The fourth-order valence-corrected chi connectivity index (χ4v) is 2.20. The second-order valence-electron chi connectivity index (χ2n) is 5.29. The van der Waals surface area contributed by atoms with Gasteiger partial charge in [0.1, 0.15) is 5.75 Å². The number of nitrogens with one attached hydrogen (secondary N) is 1. The first-order valence-corrected chi connectivity index (χ1v) is 6.66. The fraction of sp³-hybridized carbons (Fsp3) is 0.571. The lowest BCUT2D eigenvalue weighted by Crippen LogP contribution is -2.40. The molecule has 0 heterocycles. The molecule has 1 unspecified atom stereocenters. The molecule has 0 bridgehead atoms. The van der Waals surface area contributed by atoms with Gasteiger partial charge in [-0.1, -0.05) is 11.6 Å². The van der Waals surface area contributed by atoms with Crippen molar-refractivity contribution in [3.8, 4) is 5.75 Å². The third kappa shape index (κ3) is 3.87. The van der Waals surface area contributed by atoms with Crippen molar-refractivity contribution < 1.29 is 9.84 Å². The SMILES string of the molecule is COc1ccc(Cl)cc1CC(C)(O)CNC1CC1. The lowest BCUT2D eigenvalue weighted by Gasteiger charge is -2.25. The minimum Gasteiger partial charge on any atom is -0.496 e. The first-order chi connectivity index (χ1) is 8.50. The largest absolute Gasteiger partial charge is 0.496 e. The molecule has 1 aromatic carbocycles. The summed E-state index contributed by atoms with van der Waals surface area (Å²) in [7, 11) is 1.63. The van der Waals surface area contributed by atoms with E-state index in [2.05, 4.69) is 5.32 Å². The number of hydrogen-bond acceptors (Lipinski definition) is 3. The molecular weight excluding hydrogens is 250 g/mol. The van der Waals surface area contributed by atoms with E-state index < -0.39 is 5.60 Å². The number of ether oxygens (including phenoxy) is 1. The van der Waals surface area contributed by atoms with Crippen LogP contribution in [0.15, 0.2) is 18.2 Å². The number of rotatable bonds is 6. The van der Waals surface area contributed by atoms with Gasteiger partial charge < -0.3 is 15.2 Å². The van der Waals surface area contributed by atoms with Crippen LogP contribution in [0.25, 0.3) is 0 Å². The van der Waals surface area contributed by atoms with E-state index in [-0.39, 0.29) is 0 Å².